The minimum atomic E-state index is -1.61. The lowest BCUT2D eigenvalue weighted by atomic mass is 9.75. The van der Waals surface area contributed by atoms with E-state index in [1.165, 1.54) is 18.2 Å². The van der Waals surface area contributed by atoms with Gasteiger partial charge in [-0.1, -0.05) is 35.9 Å². The van der Waals surface area contributed by atoms with Crippen LogP contribution in [0.4, 0.5) is 4.39 Å². The standard InChI is InChI=1S/C13H12BFO2/c1-9-3-2-4-10(7-9)12-8-11(15)5-6-13(12)14(16)17/h2-8,16-17H,1H3. The molecule has 0 heterocycles. The summed E-state index contributed by atoms with van der Waals surface area (Å²) in [5, 5.41) is 18.5. The molecule has 2 rings (SSSR count). The van der Waals surface area contributed by atoms with Crippen molar-refractivity contribution in [3.05, 3.63) is 53.8 Å². The van der Waals surface area contributed by atoms with Crippen molar-refractivity contribution in [3.8, 4) is 11.1 Å². The van der Waals surface area contributed by atoms with Crippen LogP contribution in [0.15, 0.2) is 42.5 Å². The van der Waals surface area contributed by atoms with Crippen molar-refractivity contribution < 1.29 is 14.4 Å². The van der Waals surface area contributed by atoms with Gasteiger partial charge in [0.1, 0.15) is 5.82 Å². The molecule has 2 N–H and O–H groups in total. The molecule has 0 aromatic heterocycles. The zero-order chi connectivity index (χ0) is 12.4. The molecule has 0 fully saturated rings. The fraction of sp³-hybridized carbons (Fsp3) is 0.0769. The molecule has 4 heteroatoms. The van der Waals surface area contributed by atoms with E-state index in [1.807, 2.05) is 31.2 Å². The van der Waals surface area contributed by atoms with Gasteiger partial charge in [-0.05, 0) is 35.6 Å². The van der Waals surface area contributed by atoms with E-state index in [2.05, 4.69) is 0 Å². The highest BCUT2D eigenvalue weighted by Crippen LogP contribution is 2.19. The molecule has 0 aliphatic carbocycles. The fourth-order valence-corrected chi connectivity index (χ4v) is 1.82. The van der Waals surface area contributed by atoms with E-state index < -0.39 is 12.9 Å². The van der Waals surface area contributed by atoms with Gasteiger partial charge < -0.3 is 10.0 Å². The summed E-state index contributed by atoms with van der Waals surface area (Å²) in [6.07, 6.45) is 0. The normalized spacial score (nSPS) is 10.4. The number of benzene rings is 2. The number of rotatable bonds is 2. The second-order valence-electron chi connectivity index (χ2n) is 3.97. The van der Waals surface area contributed by atoms with Crippen molar-refractivity contribution in [1.82, 2.24) is 0 Å². The lowest BCUT2D eigenvalue weighted by molar-refractivity contribution is 0.426. The molecular weight excluding hydrogens is 218 g/mol. The molecule has 0 saturated heterocycles. The minimum absolute atomic E-state index is 0.303. The Morgan fingerprint density at radius 1 is 1.06 bits per heavy atom. The first-order valence-electron chi connectivity index (χ1n) is 5.30. The maximum Gasteiger partial charge on any atom is 0.489 e. The van der Waals surface area contributed by atoms with Gasteiger partial charge in [0.25, 0.3) is 0 Å². The number of halogens is 1. The SMILES string of the molecule is Cc1cccc(-c2cc(F)ccc2B(O)O)c1. The first-order valence-corrected chi connectivity index (χ1v) is 5.30. The maximum atomic E-state index is 13.2. The predicted molar refractivity (Wildman–Crippen MR) is 66.4 cm³/mol. The van der Waals surface area contributed by atoms with Gasteiger partial charge >= 0.3 is 7.12 Å². The third kappa shape index (κ3) is 2.54. The molecule has 0 aliphatic rings. The summed E-state index contributed by atoms with van der Waals surface area (Å²) in [6, 6.07) is 11.4. The van der Waals surface area contributed by atoms with E-state index in [0.29, 0.717) is 11.0 Å². The van der Waals surface area contributed by atoms with Crippen LogP contribution in [0.5, 0.6) is 0 Å². The van der Waals surface area contributed by atoms with E-state index in [9.17, 15) is 14.4 Å². The van der Waals surface area contributed by atoms with E-state index in [0.717, 1.165) is 11.1 Å². The number of hydrogen-bond acceptors (Lipinski definition) is 2. The van der Waals surface area contributed by atoms with Crippen LogP contribution in [-0.4, -0.2) is 17.2 Å². The minimum Gasteiger partial charge on any atom is -0.423 e. The molecule has 0 aliphatic heterocycles. The zero-order valence-corrected chi connectivity index (χ0v) is 9.39. The van der Waals surface area contributed by atoms with Gasteiger partial charge in [0.05, 0.1) is 0 Å². The van der Waals surface area contributed by atoms with Crippen LogP contribution in [0.1, 0.15) is 5.56 Å². The van der Waals surface area contributed by atoms with Crippen molar-refractivity contribution in [2.24, 2.45) is 0 Å². The zero-order valence-electron chi connectivity index (χ0n) is 9.39. The number of aryl methyl sites for hydroxylation is 1. The molecule has 0 atom stereocenters. The lowest BCUT2D eigenvalue weighted by Gasteiger charge is -2.09. The highest BCUT2D eigenvalue weighted by molar-refractivity contribution is 6.60. The molecule has 0 spiro atoms. The summed E-state index contributed by atoms with van der Waals surface area (Å²) in [5.41, 5.74) is 2.61. The average molecular weight is 230 g/mol. The predicted octanol–water partition coefficient (Wildman–Crippen LogP) is 1.48. The Labute approximate surface area is 99.5 Å². The van der Waals surface area contributed by atoms with Gasteiger partial charge in [-0.15, -0.1) is 0 Å². The van der Waals surface area contributed by atoms with Crippen LogP contribution >= 0.6 is 0 Å². The Balaban J connectivity index is 2.61. The van der Waals surface area contributed by atoms with E-state index >= 15 is 0 Å². The summed E-state index contributed by atoms with van der Waals surface area (Å²) < 4.78 is 13.2. The Morgan fingerprint density at radius 2 is 1.82 bits per heavy atom. The van der Waals surface area contributed by atoms with E-state index in [4.69, 9.17) is 0 Å². The molecule has 86 valence electrons. The van der Waals surface area contributed by atoms with Crippen LogP contribution in [-0.2, 0) is 0 Å². The third-order valence-electron chi connectivity index (χ3n) is 2.62. The molecule has 2 nitrogen and oxygen atoms in total. The van der Waals surface area contributed by atoms with Crippen LogP contribution in [0.25, 0.3) is 11.1 Å². The molecule has 0 amide bonds. The first kappa shape index (κ1) is 11.8. The second-order valence-corrected chi connectivity index (χ2v) is 3.97. The Kier molecular flexibility index (Phi) is 3.27. The highest BCUT2D eigenvalue weighted by atomic mass is 19.1. The topological polar surface area (TPSA) is 40.5 Å². The quantitative estimate of drug-likeness (QED) is 0.767. The largest absolute Gasteiger partial charge is 0.489 e. The number of hydrogen-bond donors (Lipinski definition) is 2. The second kappa shape index (κ2) is 4.69. The van der Waals surface area contributed by atoms with Crippen LogP contribution < -0.4 is 5.46 Å². The molecule has 0 saturated carbocycles. The summed E-state index contributed by atoms with van der Waals surface area (Å²) in [5.74, 6) is -0.397. The van der Waals surface area contributed by atoms with Crippen molar-refractivity contribution in [2.45, 2.75) is 6.92 Å². The Hall–Kier alpha value is -1.65. The highest BCUT2D eigenvalue weighted by Gasteiger charge is 2.17. The van der Waals surface area contributed by atoms with Crippen molar-refractivity contribution in [3.63, 3.8) is 0 Å². The van der Waals surface area contributed by atoms with Gasteiger partial charge in [-0.3, -0.25) is 0 Å². The Morgan fingerprint density at radius 3 is 2.47 bits per heavy atom. The molecule has 2 aromatic carbocycles. The molecule has 0 bridgehead atoms. The summed E-state index contributed by atoms with van der Waals surface area (Å²) >= 11 is 0. The smallest absolute Gasteiger partial charge is 0.423 e. The van der Waals surface area contributed by atoms with E-state index in [-0.39, 0.29) is 0 Å². The van der Waals surface area contributed by atoms with Gasteiger partial charge in [0, 0.05) is 0 Å². The lowest BCUT2D eigenvalue weighted by Crippen LogP contribution is -2.31. The molecule has 0 unspecified atom stereocenters. The Bertz CT molecular complexity index is 541. The van der Waals surface area contributed by atoms with Crippen molar-refractivity contribution in [2.75, 3.05) is 0 Å². The average Bonchev–Trinajstić information content (AvgIpc) is 2.28. The summed E-state index contributed by atoms with van der Waals surface area (Å²) in [6.45, 7) is 1.93. The summed E-state index contributed by atoms with van der Waals surface area (Å²) in [4.78, 5) is 0. The molecular formula is C13H12BFO2. The summed E-state index contributed by atoms with van der Waals surface area (Å²) in [7, 11) is -1.61. The van der Waals surface area contributed by atoms with Crippen LogP contribution in [0.2, 0.25) is 0 Å². The van der Waals surface area contributed by atoms with Gasteiger partial charge in [-0.25, -0.2) is 4.39 Å². The van der Waals surface area contributed by atoms with Gasteiger partial charge in [-0.2, -0.15) is 0 Å². The van der Waals surface area contributed by atoms with Gasteiger partial charge in [0.2, 0.25) is 0 Å². The fourth-order valence-electron chi connectivity index (χ4n) is 1.82. The molecule has 17 heavy (non-hydrogen) atoms. The molecule has 0 radical (unpaired) electrons. The third-order valence-corrected chi connectivity index (χ3v) is 2.62. The molecule has 2 aromatic rings. The van der Waals surface area contributed by atoms with Crippen molar-refractivity contribution in [1.29, 1.82) is 0 Å². The van der Waals surface area contributed by atoms with Gasteiger partial charge in [0.15, 0.2) is 0 Å². The van der Waals surface area contributed by atoms with Crippen molar-refractivity contribution >= 4 is 12.6 Å². The van der Waals surface area contributed by atoms with E-state index in [1.54, 1.807) is 0 Å². The maximum absolute atomic E-state index is 13.2. The first-order chi connectivity index (χ1) is 8.08. The van der Waals surface area contributed by atoms with Crippen LogP contribution in [0.3, 0.4) is 0 Å². The monoisotopic (exact) mass is 230 g/mol. The van der Waals surface area contributed by atoms with Crippen LogP contribution in [0, 0.1) is 12.7 Å².